The van der Waals surface area contributed by atoms with E-state index >= 15 is 0 Å². The second kappa shape index (κ2) is 7.11. The van der Waals surface area contributed by atoms with Crippen molar-refractivity contribution < 1.29 is 24.1 Å². The topological polar surface area (TPSA) is 77.0 Å². The fourth-order valence-corrected chi connectivity index (χ4v) is 2.17. The number of methoxy groups -OCH3 is 3. The molecule has 0 saturated carbocycles. The Kier molecular flexibility index (Phi) is 5.18. The van der Waals surface area contributed by atoms with Gasteiger partial charge in [-0.25, -0.2) is 0 Å². The molecule has 0 aliphatic carbocycles. The van der Waals surface area contributed by atoms with Crippen molar-refractivity contribution in [3.8, 4) is 23.0 Å². The molecule has 7 heteroatoms. The van der Waals surface area contributed by atoms with Crippen LogP contribution in [0.15, 0.2) is 30.3 Å². The van der Waals surface area contributed by atoms with Crippen molar-refractivity contribution in [3.63, 3.8) is 0 Å². The van der Waals surface area contributed by atoms with Gasteiger partial charge in [0.15, 0.2) is 11.5 Å². The number of aromatic hydroxyl groups is 1. The number of anilines is 1. The summed E-state index contributed by atoms with van der Waals surface area (Å²) in [4.78, 5) is 12.4. The molecule has 0 bridgehead atoms. The zero-order chi connectivity index (χ0) is 17.0. The van der Waals surface area contributed by atoms with E-state index in [4.69, 9.17) is 25.8 Å². The van der Waals surface area contributed by atoms with Gasteiger partial charge in [-0.15, -0.1) is 0 Å². The number of halogens is 1. The number of nitrogens with one attached hydrogen (secondary N) is 1. The second-order valence-corrected chi connectivity index (χ2v) is 4.94. The zero-order valence-corrected chi connectivity index (χ0v) is 13.6. The van der Waals surface area contributed by atoms with Crippen molar-refractivity contribution in [1.29, 1.82) is 0 Å². The maximum Gasteiger partial charge on any atom is 0.255 e. The Bertz CT molecular complexity index is 733. The van der Waals surface area contributed by atoms with E-state index in [0.717, 1.165) is 0 Å². The lowest BCUT2D eigenvalue weighted by Gasteiger charge is -2.13. The van der Waals surface area contributed by atoms with Crippen LogP contribution >= 0.6 is 11.6 Å². The SMILES string of the molecule is COc1ccc(NC(=O)c2cc(Cl)c(O)c(OC)c2)c(OC)c1. The van der Waals surface area contributed by atoms with Crippen molar-refractivity contribution in [2.24, 2.45) is 0 Å². The number of phenols is 1. The van der Waals surface area contributed by atoms with Crippen LogP contribution in [0.2, 0.25) is 5.02 Å². The van der Waals surface area contributed by atoms with Crippen LogP contribution in [-0.4, -0.2) is 32.3 Å². The summed E-state index contributed by atoms with van der Waals surface area (Å²) in [6.07, 6.45) is 0. The van der Waals surface area contributed by atoms with Gasteiger partial charge >= 0.3 is 0 Å². The zero-order valence-electron chi connectivity index (χ0n) is 12.8. The molecule has 0 unspecified atom stereocenters. The molecule has 0 aliphatic rings. The van der Waals surface area contributed by atoms with Crippen LogP contribution in [0.3, 0.4) is 0 Å². The monoisotopic (exact) mass is 337 g/mol. The van der Waals surface area contributed by atoms with Crippen molar-refractivity contribution >= 4 is 23.2 Å². The molecule has 2 aromatic carbocycles. The summed E-state index contributed by atoms with van der Waals surface area (Å²) < 4.78 is 15.3. The van der Waals surface area contributed by atoms with Crippen LogP contribution in [0.1, 0.15) is 10.4 Å². The van der Waals surface area contributed by atoms with Crippen LogP contribution in [-0.2, 0) is 0 Å². The quantitative estimate of drug-likeness (QED) is 0.875. The predicted octanol–water partition coefficient (Wildman–Crippen LogP) is 3.32. The van der Waals surface area contributed by atoms with Crippen LogP contribution in [0.4, 0.5) is 5.69 Å². The third-order valence-electron chi connectivity index (χ3n) is 3.17. The molecule has 0 saturated heterocycles. The molecule has 0 aliphatic heterocycles. The summed E-state index contributed by atoms with van der Waals surface area (Å²) in [6, 6.07) is 7.76. The Balaban J connectivity index is 2.31. The third kappa shape index (κ3) is 3.60. The number of hydrogen-bond donors (Lipinski definition) is 2. The molecular weight excluding hydrogens is 322 g/mol. The van der Waals surface area contributed by atoms with Crippen LogP contribution < -0.4 is 19.5 Å². The van der Waals surface area contributed by atoms with Gasteiger partial charge in [-0.2, -0.15) is 0 Å². The smallest absolute Gasteiger partial charge is 0.255 e. The van der Waals surface area contributed by atoms with Gasteiger partial charge in [0, 0.05) is 11.6 Å². The molecule has 122 valence electrons. The molecule has 2 rings (SSSR count). The van der Waals surface area contributed by atoms with Gasteiger partial charge in [0.1, 0.15) is 11.5 Å². The molecule has 0 aromatic heterocycles. The average Bonchev–Trinajstić information content (AvgIpc) is 2.57. The molecule has 2 N–H and O–H groups in total. The minimum atomic E-state index is -0.423. The summed E-state index contributed by atoms with van der Waals surface area (Å²) in [5.41, 5.74) is 0.712. The van der Waals surface area contributed by atoms with E-state index in [0.29, 0.717) is 17.2 Å². The first kappa shape index (κ1) is 16.8. The van der Waals surface area contributed by atoms with Crippen LogP contribution in [0.25, 0.3) is 0 Å². The standard InChI is InChI=1S/C16H16ClNO5/c1-21-10-4-5-12(13(8-10)22-2)18-16(20)9-6-11(17)15(19)14(7-9)23-3/h4-8,19H,1-3H3,(H,18,20). The lowest BCUT2D eigenvalue weighted by atomic mass is 10.1. The van der Waals surface area contributed by atoms with Gasteiger partial charge < -0.3 is 24.6 Å². The van der Waals surface area contributed by atoms with Crippen molar-refractivity contribution in [2.75, 3.05) is 26.6 Å². The van der Waals surface area contributed by atoms with Gasteiger partial charge in [-0.1, -0.05) is 11.6 Å². The molecule has 23 heavy (non-hydrogen) atoms. The minimum absolute atomic E-state index is 0.0243. The molecule has 0 spiro atoms. The van der Waals surface area contributed by atoms with Gasteiger partial charge in [-0.05, 0) is 24.3 Å². The van der Waals surface area contributed by atoms with Crippen molar-refractivity contribution in [3.05, 3.63) is 40.9 Å². The summed E-state index contributed by atoms with van der Waals surface area (Å²) in [5.74, 6) is 0.537. The van der Waals surface area contributed by atoms with E-state index in [1.165, 1.54) is 33.5 Å². The highest BCUT2D eigenvalue weighted by atomic mass is 35.5. The molecule has 6 nitrogen and oxygen atoms in total. The molecule has 0 atom stereocenters. The third-order valence-corrected chi connectivity index (χ3v) is 3.46. The van der Waals surface area contributed by atoms with Gasteiger partial charge in [-0.3, -0.25) is 4.79 Å². The largest absolute Gasteiger partial charge is 0.503 e. The Morgan fingerprint density at radius 3 is 2.35 bits per heavy atom. The van der Waals surface area contributed by atoms with Crippen molar-refractivity contribution in [1.82, 2.24) is 0 Å². The van der Waals surface area contributed by atoms with E-state index in [1.54, 1.807) is 18.2 Å². The number of ether oxygens (including phenoxy) is 3. The number of carbonyl (C=O) groups is 1. The summed E-state index contributed by atoms with van der Waals surface area (Å²) >= 11 is 5.89. The highest BCUT2D eigenvalue weighted by molar-refractivity contribution is 6.32. The Morgan fingerprint density at radius 2 is 1.74 bits per heavy atom. The molecule has 0 heterocycles. The van der Waals surface area contributed by atoms with E-state index in [-0.39, 0.29) is 22.1 Å². The Labute approximate surface area is 138 Å². The molecule has 2 aromatic rings. The average molecular weight is 338 g/mol. The highest BCUT2D eigenvalue weighted by Gasteiger charge is 2.15. The second-order valence-electron chi connectivity index (χ2n) is 4.53. The number of phenolic OH excluding ortho intramolecular Hbond substituents is 1. The Hall–Kier alpha value is -2.60. The molecule has 0 radical (unpaired) electrons. The number of benzene rings is 2. The normalized spacial score (nSPS) is 10.1. The van der Waals surface area contributed by atoms with Gasteiger partial charge in [0.25, 0.3) is 5.91 Å². The first-order valence-corrected chi connectivity index (χ1v) is 6.97. The molecular formula is C16H16ClNO5. The lowest BCUT2D eigenvalue weighted by Crippen LogP contribution is -2.13. The number of hydrogen-bond acceptors (Lipinski definition) is 5. The highest BCUT2D eigenvalue weighted by Crippen LogP contribution is 2.35. The summed E-state index contributed by atoms with van der Waals surface area (Å²) in [7, 11) is 4.40. The number of carbonyl (C=O) groups excluding carboxylic acids is 1. The fraction of sp³-hybridized carbons (Fsp3) is 0.188. The van der Waals surface area contributed by atoms with Crippen LogP contribution in [0, 0.1) is 0 Å². The maximum absolute atomic E-state index is 12.4. The van der Waals surface area contributed by atoms with E-state index in [9.17, 15) is 9.90 Å². The predicted molar refractivity (Wildman–Crippen MR) is 87.2 cm³/mol. The summed E-state index contributed by atoms with van der Waals surface area (Å²) in [6.45, 7) is 0. The van der Waals surface area contributed by atoms with Gasteiger partial charge in [0.2, 0.25) is 0 Å². The first-order chi connectivity index (χ1) is 11.0. The molecule has 1 amide bonds. The van der Waals surface area contributed by atoms with E-state index < -0.39 is 5.91 Å². The minimum Gasteiger partial charge on any atom is -0.503 e. The van der Waals surface area contributed by atoms with Crippen molar-refractivity contribution in [2.45, 2.75) is 0 Å². The maximum atomic E-state index is 12.4. The van der Waals surface area contributed by atoms with E-state index in [1.807, 2.05) is 0 Å². The summed E-state index contributed by atoms with van der Waals surface area (Å²) in [5, 5.41) is 12.4. The lowest BCUT2D eigenvalue weighted by molar-refractivity contribution is 0.102. The van der Waals surface area contributed by atoms with Gasteiger partial charge in [0.05, 0.1) is 32.0 Å². The fourth-order valence-electron chi connectivity index (χ4n) is 1.96. The Morgan fingerprint density at radius 1 is 1.04 bits per heavy atom. The number of amides is 1. The molecule has 0 fully saturated rings. The first-order valence-electron chi connectivity index (χ1n) is 6.60. The van der Waals surface area contributed by atoms with E-state index in [2.05, 4.69) is 5.32 Å². The van der Waals surface area contributed by atoms with Crippen LogP contribution in [0.5, 0.6) is 23.0 Å². The number of rotatable bonds is 5.